The Hall–Kier alpha value is 0.300. The third-order valence-corrected chi connectivity index (χ3v) is 5.45. The molecule has 1 heterocycles. The van der Waals surface area contributed by atoms with E-state index in [0.717, 1.165) is 6.42 Å². The Balaban J connectivity index is 2.58. The second kappa shape index (κ2) is 6.17. The maximum atomic E-state index is 11.9. The highest BCUT2D eigenvalue weighted by molar-refractivity contribution is 7.53. The Kier molecular flexibility index (Phi) is 5.60. The molecule has 0 bridgehead atoms. The first kappa shape index (κ1) is 16.4. The van der Waals surface area contributed by atoms with Gasteiger partial charge in [-0.05, 0) is 13.3 Å². The summed E-state index contributed by atoms with van der Waals surface area (Å²) < 4.78 is 44.3. The van der Waals surface area contributed by atoms with Crippen molar-refractivity contribution in [1.29, 1.82) is 0 Å². The van der Waals surface area contributed by atoms with Crippen LogP contribution in [0.5, 0.6) is 0 Å². The summed E-state index contributed by atoms with van der Waals surface area (Å²) in [6, 6.07) is 0. The summed E-state index contributed by atoms with van der Waals surface area (Å²) in [5, 5.41) is 0. The molecule has 0 aromatic carbocycles. The van der Waals surface area contributed by atoms with E-state index in [0.29, 0.717) is 6.61 Å². The van der Waals surface area contributed by atoms with Gasteiger partial charge in [-0.2, -0.15) is 0 Å². The van der Waals surface area contributed by atoms with Crippen molar-refractivity contribution in [3.05, 3.63) is 0 Å². The fourth-order valence-corrected chi connectivity index (χ4v) is 3.65. The molecule has 0 saturated carbocycles. The van der Waals surface area contributed by atoms with Gasteiger partial charge >= 0.3 is 15.2 Å². The Morgan fingerprint density at radius 3 is 2.28 bits per heavy atom. The van der Waals surface area contributed by atoms with Crippen molar-refractivity contribution in [2.75, 3.05) is 39.8 Å². The van der Waals surface area contributed by atoms with Crippen LogP contribution in [0.2, 0.25) is 0 Å². The predicted molar refractivity (Wildman–Crippen MR) is 69.3 cm³/mol. The van der Waals surface area contributed by atoms with Gasteiger partial charge < -0.3 is 18.1 Å². The lowest BCUT2D eigenvalue weighted by Gasteiger charge is -2.38. The van der Waals surface area contributed by atoms with Crippen molar-refractivity contribution >= 4 is 15.2 Å². The molecular weight excluding hydrogens is 278 g/mol. The Bertz CT molecular complexity index is 357. The van der Waals surface area contributed by atoms with Crippen LogP contribution < -0.4 is 0 Å². The highest BCUT2D eigenvalue weighted by Crippen LogP contribution is 2.53. The normalized spacial score (nSPS) is 36.2. The third kappa shape index (κ3) is 4.76. The van der Waals surface area contributed by atoms with E-state index in [-0.39, 0.29) is 19.8 Å². The highest BCUT2D eigenvalue weighted by atomic mass is 31.2. The summed E-state index contributed by atoms with van der Waals surface area (Å²) >= 11 is 0. The quantitative estimate of drug-likeness (QED) is 0.702. The SMILES string of the molecule is CCOP(C)(=O)OCC1(CC)COP(C)(=O)OC1. The van der Waals surface area contributed by atoms with Crippen LogP contribution in [-0.2, 0) is 27.2 Å². The van der Waals surface area contributed by atoms with E-state index in [1.165, 1.54) is 13.3 Å². The molecule has 0 spiro atoms. The molecule has 18 heavy (non-hydrogen) atoms. The van der Waals surface area contributed by atoms with Crippen molar-refractivity contribution in [1.82, 2.24) is 0 Å². The van der Waals surface area contributed by atoms with E-state index in [2.05, 4.69) is 0 Å². The molecule has 1 aliphatic rings. The molecule has 0 amide bonds. The van der Waals surface area contributed by atoms with E-state index >= 15 is 0 Å². The Morgan fingerprint density at radius 1 is 1.28 bits per heavy atom. The molecule has 0 aromatic heterocycles. The Labute approximate surface area is 108 Å². The van der Waals surface area contributed by atoms with Gasteiger partial charge in [-0.25, -0.2) is 0 Å². The number of hydrogen-bond acceptors (Lipinski definition) is 6. The largest absolute Gasteiger partial charge is 0.327 e. The molecule has 8 heteroatoms. The van der Waals surface area contributed by atoms with Gasteiger partial charge in [-0.15, -0.1) is 0 Å². The van der Waals surface area contributed by atoms with E-state index in [1.54, 1.807) is 6.92 Å². The van der Waals surface area contributed by atoms with E-state index in [1.807, 2.05) is 6.92 Å². The van der Waals surface area contributed by atoms with Crippen LogP contribution in [0.1, 0.15) is 20.3 Å². The van der Waals surface area contributed by atoms with Crippen molar-refractivity contribution in [2.45, 2.75) is 20.3 Å². The molecule has 1 aliphatic heterocycles. The average molecular weight is 300 g/mol. The first-order chi connectivity index (χ1) is 8.24. The standard InChI is InChI=1S/C10H22O6P2/c1-5-10(7-14-17(3,11)13-6-2)8-15-18(4,12)16-9-10/h5-9H2,1-4H3. The molecule has 1 atom stereocenters. The molecule has 0 N–H and O–H groups in total. The summed E-state index contributed by atoms with van der Waals surface area (Å²) in [7, 11) is -5.94. The summed E-state index contributed by atoms with van der Waals surface area (Å²) in [4.78, 5) is 0. The maximum absolute atomic E-state index is 11.9. The molecule has 6 nitrogen and oxygen atoms in total. The Morgan fingerprint density at radius 2 is 1.83 bits per heavy atom. The predicted octanol–water partition coefficient (Wildman–Crippen LogP) is 3.13. The molecular formula is C10H22O6P2. The summed E-state index contributed by atoms with van der Waals surface area (Å²) in [6.07, 6.45) is 0.721. The molecule has 1 rings (SSSR count). The van der Waals surface area contributed by atoms with E-state index in [9.17, 15) is 9.13 Å². The smallest absolute Gasteiger partial charge is 0.309 e. The molecule has 0 aromatic rings. The van der Waals surface area contributed by atoms with Crippen LogP contribution in [0.4, 0.5) is 0 Å². The lowest BCUT2D eigenvalue weighted by Crippen LogP contribution is -2.38. The topological polar surface area (TPSA) is 71.1 Å². The second-order valence-corrected chi connectivity index (χ2v) is 8.75. The zero-order valence-electron chi connectivity index (χ0n) is 11.4. The van der Waals surface area contributed by atoms with Gasteiger partial charge in [-0.3, -0.25) is 9.13 Å². The van der Waals surface area contributed by atoms with Crippen molar-refractivity contribution in [3.63, 3.8) is 0 Å². The minimum Gasteiger partial charge on any atom is -0.309 e. The minimum atomic E-state index is -3.03. The third-order valence-electron chi connectivity index (χ3n) is 2.93. The molecule has 1 saturated heterocycles. The average Bonchev–Trinajstić information content (AvgIpc) is 2.29. The molecule has 1 unspecified atom stereocenters. The maximum Gasteiger partial charge on any atom is 0.327 e. The van der Waals surface area contributed by atoms with Gasteiger partial charge in [0.25, 0.3) is 0 Å². The zero-order valence-corrected chi connectivity index (χ0v) is 13.2. The van der Waals surface area contributed by atoms with Crippen LogP contribution in [0.25, 0.3) is 0 Å². The molecule has 0 aliphatic carbocycles. The van der Waals surface area contributed by atoms with Crippen molar-refractivity contribution in [3.8, 4) is 0 Å². The lowest BCUT2D eigenvalue weighted by atomic mass is 9.88. The van der Waals surface area contributed by atoms with Gasteiger partial charge in [0, 0.05) is 18.7 Å². The monoisotopic (exact) mass is 300 g/mol. The van der Waals surface area contributed by atoms with E-state index < -0.39 is 20.6 Å². The van der Waals surface area contributed by atoms with Crippen LogP contribution in [0.15, 0.2) is 0 Å². The first-order valence-electron chi connectivity index (χ1n) is 5.97. The van der Waals surface area contributed by atoms with Gasteiger partial charge in [0.1, 0.15) is 0 Å². The fourth-order valence-electron chi connectivity index (χ4n) is 1.50. The minimum absolute atomic E-state index is 0.206. The van der Waals surface area contributed by atoms with Gasteiger partial charge in [-0.1, -0.05) is 6.92 Å². The molecule has 0 radical (unpaired) electrons. The highest BCUT2D eigenvalue weighted by Gasteiger charge is 2.40. The molecule has 108 valence electrons. The first-order valence-corrected chi connectivity index (χ1v) is 9.95. The summed E-state index contributed by atoms with van der Waals surface area (Å²) in [5.41, 5.74) is -0.410. The lowest BCUT2D eigenvalue weighted by molar-refractivity contribution is -0.0174. The second-order valence-electron chi connectivity index (χ2n) is 4.63. The van der Waals surface area contributed by atoms with E-state index in [4.69, 9.17) is 18.1 Å². The number of hydrogen-bond donors (Lipinski definition) is 0. The zero-order chi connectivity index (χ0) is 13.9. The molecule has 1 fully saturated rings. The number of rotatable bonds is 6. The van der Waals surface area contributed by atoms with Crippen molar-refractivity contribution < 1.29 is 27.2 Å². The van der Waals surface area contributed by atoms with Crippen LogP contribution in [0.3, 0.4) is 0 Å². The van der Waals surface area contributed by atoms with Crippen LogP contribution in [0, 0.1) is 5.41 Å². The van der Waals surface area contributed by atoms with Gasteiger partial charge in [0.2, 0.25) is 0 Å². The summed E-state index contributed by atoms with van der Waals surface area (Å²) in [5.74, 6) is 0. The van der Waals surface area contributed by atoms with Gasteiger partial charge in [0.05, 0.1) is 26.4 Å². The fraction of sp³-hybridized carbons (Fsp3) is 1.00. The van der Waals surface area contributed by atoms with Crippen LogP contribution in [-0.4, -0.2) is 39.8 Å². The summed E-state index contributed by atoms with van der Waals surface area (Å²) in [6.45, 7) is 7.71. The van der Waals surface area contributed by atoms with Crippen LogP contribution >= 0.6 is 15.2 Å². The van der Waals surface area contributed by atoms with Crippen molar-refractivity contribution in [2.24, 2.45) is 5.41 Å². The van der Waals surface area contributed by atoms with Gasteiger partial charge in [0.15, 0.2) is 0 Å².